The van der Waals surface area contributed by atoms with Crippen molar-refractivity contribution in [3.63, 3.8) is 0 Å². The van der Waals surface area contributed by atoms with Gasteiger partial charge in [-0.05, 0) is 11.4 Å². The number of hydrogen-bond donors (Lipinski definition) is 2. The summed E-state index contributed by atoms with van der Waals surface area (Å²) < 4.78 is 22.0. The molecule has 2 aromatic rings. The Hall–Kier alpha value is -1.25. The molecule has 1 atom stereocenters. The van der Waals surface area contributed by atoms with Crippen molar-refractivity contribution in [2.75, 3.05) is 23.9 Å². The van der Waals surface area contributed by atoms with E-state index in [2.05, 4.69) is 15.3 Å². The third kappa shape index (κ3) is 3.37. The molecule has 2 aromatic heterocycles. The average Bonchev–Trinajstić information content (AvgIpc) is 2.72. The van der Waals surface area contributed by atoms with Crippen molar-refractivity contribution in [3.05, 3.63) is 17.8 Å². The fraction of sp³-hybridized carbons (Fsp3) is 0.400. The van der Waals surface area contributed by atoms with Crippen molar-refractivity contribution in [2.45, 2.75) is 6.10 Å². The lowest BCUT2D eigenvalue weighted by molar-refractivity contribution is 0.210. The van der Waals surface area contributed by atoms with E-state index in [0.29, 0.717) is 5.82 Å². The van der Waals surface area contributed by atoms with E-state index in [4.69, 9.17) is 0 Å². The molecule has 0 spiro atoms. The molecule has 0 bridgehead atoms. The third-order valence-corrected chi connectivity index (χ3v) is 4.07. The Morgan fingerprint density at radius 2 is 2.28 bits per heavy atom. The smallest absolute Gasteiger partial charge is 0.150 e. The Morgan fingerprint density at radius 3 is 3.00 bits per heavy atom. The van der Waals surface area contributed by atoms with Gasteiger partial charge in [0.25, 0.3) is 0 Å². The van der Waals surface area contributed by atoms with Crippen molar-refractivity contribution in [2.24, 2.45) is 0 Å². The first-order valence-corrected chi connectivity index (χ1v) is 8.17. The molecule has 98 valence electrons. The van der Waals surface area contributed by atoms with Crippen LogP contribution >= 0.6 is 11.3 Å². The van der Waals surface area contributed by atoms with E-state index in [1.165, 1.54) is 17.7 Å². The number of anilines is 1. The normalized spacial score (nSPS) is 13.7. The molecule has 0 radical (unpaired) electrons. The monoisotopic (exact) mass is 287 g/mol. The summed E-state index contributed by atoms with van der Waals surface area (Å²) >= 11 is 1.50. The minimum atomic E-state index is -3.18. The second kappa shape index (κ2) is 5.17. The Bertz CT molecular complexity index is 639. The highest BCUT2D eigenvalue weighted by Gasteiger charge is 2.13. The molecule has 2 heterocycles. The van der Waals surface area contributed by atoms with Gasteiger partial charge in [-0.1, -0.05) is 0 Å². The Balaban J connectivity index is 2.04. The van der Waals surface area contributed by atoms with Crippen LogP contribution in [-0.2, 0) is 9.84 Å². The lowest BCUT2D eigenvalue weighted by Crippen LogP contribution is -2.27. The number of aliphatic hydroxyl groups is 1. The first-order valence-electron chi connectivity index (χ1n) is 5.23. The number of nitrogens with one attached hydrogen (secondary N) is 1. The molecule has 0 aromatic carbocycles. The number of rotatable bonds is 5. The number of sulfone groups is 1. The van der Waals surface area contributed by atoms with Crippen molar-refractivity contribution < 1.29 is 13.5 Å². The molecule has 0 saturated carbocycles. The highest BCUT2D eigenvalue weighted by molar-refractivity contribution is 7.90. The zero-order valence-corrected chi connectivity index (χ0v) is 11.3. The number of nitrogens with zero attached hydrogens (tertiary/aromatic N) is 2. The standard InChI is InChI=1S/C10H13N3O3S2/c1-18(15,16)5-7(14)4-11-9-8-2-3-17-10(8)13-6-12-9/h2-3,6-7,14H,4-5H2,1H3,(H,11,12,13)/t7-/m0/s1. The quantitative estimate of drug-likeness (QED) is 0.832. The lowest BCUT2D eigenvalue weighted by atomic mass is 10.3. The van der Waals surface area contributed by atoms with E-state index < -0.39 is 15.9 Å². The van der Waals surface area contributed by atoms with Crippen LogP contribution in [0, 0.1) is 0 Å². The van der Waals surface area contributed by atoms with Crippen molar-refractivity contribution in [3.8, 4) is 0 Å². The molecule has 0 fully saturated rings. The minimum absolute atomic E-state index is 0.134. The van der Waals surface area contributed by atoms with Crippen LogP contribution in [0.1, 0.15) is 0 Å². The molecule has 0 aliphatic rings. The summed E-state index contributed by atoms with van der Waals surface area (Å²) in [7, 11) is -3.18. The van der Waals surface area contributed by atoms with Gasteiger partial charge < -0.3 is 10.4 Å². The fourth-order valence-corrected chi connectivity index (χ4v) is 3.10. The van der Waals surface area contributed by atoms with Gasteiger partial charge in [0.2, 0.25) is 0 Å². The zero-order chi connectivity index (χ0) is 13.2. The Kier molecular flexibility index (Phi) is 3.79. The molecular weight excluding hydrogens is 274 g/mol. The summed E-state index contributed by atoms with van der Waals surface area (Å²) in [6.07, 6.45) is 1.57. The molecule has 6 nitrogen and oxygen atoms in total. The molecule has 0 aliphatic heterocycles. The summed E-state index contributed by atoms with van der Waals surface area (Å²) in [5.74, 6) is 0.339. The van der Waals surface area contributed by atoms with Crippen LogP contribution in [0.15, 0.2) is 17.8 Å². The lowest BCUT2D eigenvalue weighted by Gasteiger charge is -2.11. The SMILES string of the molecule is CS(=O)(=O)C[C@@H](O)CNc1ncnc2sccc12. The highest BCUT2D eigenvalue weighted by atomic mass is 32.2. The van der Waals surface area contributed by atoms with E-state index in [-0.39, 0.29) is 12.3 Å². The molecule has 0 aliphatic carbocycles. The molecule has 0 amide bonds. The Morgan fingerprint density at radius 1 is 1.50 bits per heavy atom. The third-order valence-electron chi connectivity index (χ3n) is 2.26. The summed E-state index contributed by atoms with van der Waals surface area (Å²) in [5, 5.41) is 15.3. The van der Waals surface area contributed by atoms with Crippen molar-refractivity contribution >= 4 is 37.2 Å². The molecule has 8 heteroatoms. The van der Waals surface area contributed by atoms with Crippen LogP contribution in [0.5, 0.6) is 0 Å². The van der Waals surface area contributed by atoms with Crippen LogP contribution in [-0.4, -0.2) is 48.1 Å². The van der Waals surface area contributed by atoms with Gasteiger partial charge in [0, 0.05) is 12.8 Å². The van der Waals surface area contributed by atoms with Crippen LogP contribution in [0.2, 0.25) is 0 Å². The second-order valence-corrected chi connectivity index (χ2v) is 7.07. The largest absolute Gasteiger partial charge is 0.390 e. The van der Waals surface area contributed by atoms with E-state index in [9.17, 15) is 13.5 Å². The van der Waals surface area contributed by atoms with Crippen molar-refractivity contribution in [1.82, 2.24) is 9.97 Å². The molecule has 0 unspecified atom stereocenters. The van der Waals surface area contributed by atoms with Gasteiger partial charge in [-0.3, -0.25) is 0 Å². The van der Waals surface area contributed by atoms with E-state index in [1.807, 2.05) is 11.4 Å². The Labute approximate surface area is 109 Å². The molecule has 18 heavy (non-hydrogen) atoms. The maximum atomic E-state index is 11.0. The average molecular weight is 287 g/mol. The predicted octanol–water partition coefficient (Wildman–Crippen LogP) is 0.509. The number of hydrogen-bond acceptors (Lipinski definition) is 7. The van der Waals surface area contributed by atoms with Gasteiger partial charge in [-0.25, -0.2) is 18.4 Å². The fourth-order valence-electron chi connectivity index (χ4n) is 1.55. The van der Waals surface area contributed by atoms with Gasteiger partial charge in [-0.2, -0.15) is 0 Å². The number of thiophene rings is 1. The summed E-state index contributed by atoms with van der Waals surface area (Å²) in [4.78, 5) is 9.02. The molecule has 2 rings (SSSR count). The summed E-state index contributed by atoms with van der Waals surface area (Å²) in [6, 6.07) is 1.88. The van der Waals surface area contributed by atoms with Crippen LogP contribution in [0.4, 0.5) is 5.82 Å². The summed E-state index contributed by atoms with van der Waals surface area (Å²) in [6.45, 7) is 0.134. The van der Waals surface area contributed by atoms with Gasteiger partial charge >= 0.3 is 0 Å². The maximum absolute atomic E-state index is 11.0. The first-order chi connectivity index (χ1) is 8.46. The van der Waals surface area contributed by atoms with E-state index in [1.54, 1.807) is 0 Å². The van der Waals surface area contributed by atoms with Gasteiger partial charge in [0.15, 0.2) is 0 Å². The number of aliphatic hydroxyl groups excluding tert-OH is 1. The minimum Gasteiger partial charge on any atom is -0.390 e. The topological polar surface area (TPSA) is 92.2 Å². The van der Waals surface area contributed by atoms with Gasteiger partial charge in [0.05, 0.1) is 17.2 Å². The van der Waals surface area contributed by atoms with Crippen LogP contribution in [0.25, 0.3) is 10.2 Å². The molecular formula is C10H13N3O3S2. The van der Waals surface area contributed by atoms with Crippen LogP contribution in [0.3, 0.4) is 0 Å². The maximum Gasteiger partial charge on any atom is 0.150 e. The zero-order valence-electron chi connectivity index (χ0n) is 9.70. The van der Waals surface area contributed by atoms with Crippen molar-refractivity contribution in [1.29, 1.82) is 0 Å². The first kappa shape index (κ1) is 13.2. The van der Waals surface area contributed by atoms with E-state index in [0.717, 1.165) is 16.5 Å². The van der Waals surface area contributed by atoms with Gasteiger partial charge in [0.1, 0.15) is 26.8 Å². The van der Waals surface area contributed by atoms with Crippen LogP contribution < -0.4 is 5.32 Å². The molecule has 0 saturated heterocycles. The van der Waals surface area contributed by atoms with E-state index >= 15 is 0 Å². The number of aromatic nitrogens is 2. The predicted molar refractivity (Wildman–Crippen MR) is 71.6 cm³/mol. The number of fused-ring (bicyclic) bond motifs is 1. The molecule has 2 N–H and O–H groups in total. The highest BCUT2D eigenvalue weighted by Crippen LogP contribution is 2.23. The summed E-state index contributed by atoms with van der Waals surface area (Å²) in [5.41, 5.74) is 0. The second-order valence-electron chi connectivity index (χ2n) is 3.99. The van der Waals surface area contributed by atoms with Gasteiger partial charge in [-0.15, -0.1) is 11.3 Å².